The summed E-state index contributed by atoms with van der Waals surface area (Å²) in [7, 11) is 0. The summed E-state index contributed by atoms with van der Waals surface area (Å²) >= 11 is 5.64. The van der Waals surface area contributed by atoms with Crippen molar-refractivity contribution in [2.75, 3.05) is 11.5 Å². The molecule has 0 atom stereocenters. The van der Waals surface area contributed by atoms with Crippen LogP contribution < -0.4 is 16.2 Å². The second-order valence-corrected chi connectivity index (χ2v) is 4.57. The lowest BCUT2D eigenvalue weighted by atomic mass is 10.2. The van der Waals surface area contributed by atoms with Gasteiger partial charge in [0.15, 0.2) is 11.6 Å². The molecule has 0 unspecified atom stereocenters. The minimum Gasteiger partial charge on any atom is -0.453 e. The smallest absolute Gasteiger partial charge is 0.416 e. The summed E-state index contributed by atoms with van der Waals surface area (Å²) < 4.78 is 56.4. The van der Waals surface area contributed by atoms with E-state index in [0.717, 1.165) is 0 Å². The fourth-order valence-corrected chi connectivity index (χ4v) is 1.80. The van der Waals surface area contributed by atoms with Crippen molar-refractivity contribution in [2.45, 2.75) is 6.18 Å². The predicted octanol–water partition coefficient (Wildman–Crippen LogP) is 4.45. The van der Waals surface area contributed by atoms with Gasteiger partial charge < -0.3 is 16.2 Å². The van der Waals surface area contributed by atoms with Crippen molar-refractivity contribution in [1.82, 2.24) is 0 Å². The monoisotopic (exact) mass is 320 g/mol. The van der Waals surface area contributed by atoms with Crippen LogP contribution in [0, 0.1) is 5.82 Å². The van der Waals surface area contributed by atoms with Crippen molar-refractivity contribution in [3.05, 3.63) is 46.7 Å². The van der Waals surface area contributed by atoms with Gasteiger partial charge in [-0.05, 0) is 24.3 Å². The molecule has 0 spiro atoms. The Labute approximate surface area is 122 Å². The third kappa shape index (κ3) is 3.30. The molecule has 0 fully saturated rings. The fourth-order valence-electron chi connectivity index (χ4n) is 1.56. The Morgan fingerprint density at radius 3 is 2.19 bits per heavy atom. The number of hydrogen-bond donors (Lipinski definition) is 2. The van der Waals surface area contributed by atoms with E-state index in [1.807, 2.05) is 0 Å². The van der Waals surface area contributed by atoms with E-state index in [9.17, 15) is 17.6 Å². The number of benzene rings is 2. The molecule has 0 saturated carbocycles. The number of alkyl halides is 3. The first-order valence-corrected chi connectivity index (χ1v) is 5.95. The molecule has 21 heavy (non-hydrogen) atoms. The normalized spacial score (nSPS) is 11.5. The van der Waals surface area contributed by atoms with E-state index in [-0.39, 0.29) is 11.4 Å². The van der Waals surface area contributed by atoms with E-state index in [0.29, 0.717) is 17.8 Å². The Hall–Kier alpha value is -2.15. The second kappa shape index (κ2) is 5.33. The van der Waals surface area contributed by atoms with Gasteiger partial charge in [-0.3, -0.25) is 0 Å². The van der Waals surface area contributed by atoms with Crippen LogP contribution in [0.3, 0.4) is 0 Å². The number of nitrogen functional groups attached to an aromatic ring is 2. The number of hydrogen-bond acceptors (Lipinski definition) is 3. The summed E-state index contributed by atoms with van der Waals surface area (Å²) in [5, 5.41) is -0.502. The molecule has 0 aliphatic rings. The summed E-state index contributed by atoms with van der Waals surface area (Å²) in [4.78, 5) is 0. The van der Waals surface area contributed by atoms with Crippen LogP contribution in [-0.2, 0) is 6.18 Å². The zero-order valence-electron chi connectivity index (χ0n) is 10.3. The first-order valence-electron chi connectivity index (χ1n) is 5.57. The van der Waals surface area contributed by atoms with Crippen LogP contribution >= 0.6 is 11.6 Å². The van der Waals surface area contributed by atoms with E-state index < -0.39 is 28.3 Å². The lowest BCUT2D eigenvalue weighted by molar-refractivity contribution is -0.137. The standard InChI is InChI=1S/C13H9ClF4N2O/c14-8-3-6(13(16,17)18)4-9(15)12(8)21-7-1-2-10(19)11(20)5-7/h1-5H,19-20H2. The van der Waals surface area contributed by atoms with E-state index in [4.69, 9.17) is 27.8 Å². The number of ether oxygens (including phenoxy) is 1. The van der Waals surface area contributed by atoms with Crippen LogP contribution in [0.25, 0.3) is 0 Å². The maximum atomic E-state index is 13.7. The third-order valence-corrected chi connectivity index (χ3v) is 2.88. The molecular weight excluding hydrogens is 312 g/mol. The lowest BCUT2D eigenvalue weighted by Gasteiger charge is -2.13. The Kier molecular flexibility index (Phi) is 3.87. The number of halogens is 5. The number of nitrogens with two attached hydrogens (primary N) is 2. The largest absolute Gasteiger partial charge is 0.453 e. The molecule has 0 saturated heterocycles. The number of anilines is 2. The van der Waals surface area contributed by atoms with Crippen molar-refractivity contribution in [3.63, 3.8) is 0 Å². The molecule has 112 valence electrons. The second-order valence-electron chi connectivity index (χ2n) is 4.16. The fraction of sp³-hybridized carbons (Fsp3) is 0.0769. The zero-order valence-corrected chi connectivity index (χ0v) is 11.1. The van der Waals surface area contributed by atoms with E-state index >= 15 is 0 Å². The molecule has 4 N–H and O–H groups in total. The molecule has 0 aliphatic carbocycles. The summed E-state index contributed by atoms with van der Waals surface area (Å²) in [6, 6.07) is 5.00. The van der Waals surface area contributed by atoms with Gasteiger partial charge in [0.2, 0.25) is 0 Å². The number of rotatable bonds is 2. The molecule has 2 aromatic rings. The van der Waals surface area contributed by atoms with Crippen molar-refractivity contribution in [1.29, 1.82) is 0 Å². The average molecular weight is 321 g/mol. The first kappa shape index (κ1) is 15.2. The Balaban J connectivity index is 2.39. The SMILES string of the molecule is Nc1ccc(Oc2c(F)cc(C(F)(F)F)cc2Cl)cc1N. The molecule has 0 bridgehead atoms. The van der Waals surface area contributed by atoms with E-state index in [2.05, 4.69) is 0 Å². The molecule has 0 aromatic heterocycles. The minimum atomic E-state index is -4.70. The van der Waals surface area contributed by atoms with E-state index in [1.54, 1.807) is 0 Å². The van der Waals surface area contributed by atoms with Gasteiger partial charge in [0.25, 0.3) is 0 Å². The highest BCUT2D eigenvalue weighted by atomic mass is 35.5. The molecule has 0 amide bonds. The maximum Gasteiger partial charge on any atom is 0.416 e. The maximum absolute atomic E-state index is 13.7. The van der Waals surface area contributed by atoms with Crippen molar-refractivity contribution in [2.24, 2.45) is 0 Å². The molecule has 8 heteroatoms. The minimum absolute atomic E-state index is 0.0993. The van der Waals surface area contributed by atoms with Gasteiger partial charge in [0, 0.05) is 6.07 Å². The topological polar surface area (TPSA) is 61.3 Å². The zero-order chi connectivity index (χ0) is 15.8. The van der Waals surface area contributed by atoms with Crippen LogP contribution in [-0.4, -0.2) is 0 Å². The Morgan fingerprint density at radius 2 is 1.67 bits per heavy atom. The van der Waals surface area contributed by atoms with Gasteiger partial charge in [-0.1, -0.05) is 11.6 Å². The van der Waals surface area contributed by atoms with Gasteiger partial charge in [0.1, 0.15) is 5.75 Å². The average Bonchev–Trinajstić information content (AvgIpc) is 2.36. The van der Waals surface area contributed by atoms with Gasteiger partial charge in [-0.2, -0.15) is 13.2 Å². The highest BCUT2D eigenvalue weighted by Gasteiger charge is 2.32. The van der Waals surface area contributed by atoms with Crippen molar-refractivity contribution < 1.29 is 22.3 Å². The Morgan fingerprint density at radius 1 is 1.00 bits per heavy atom. The molecular formula is C13H9ClF4N2O. The van der Waals surface area contributed by atoms with Gasteiger partial charge in [0.05, 0.1) is 22.0 Å². The van der Waals surface area contributed by atoms with Gasteiger partial charge in [-0.15, -0.1) is 0 Å². The van der Waals surface area contributed by atoms with Crippen LogP contribution in [0.2, 0.25) is 5.02 Å². The summed E-state index contributed by atoms with van der Waals surface area (Å²) in [6.45, 7) is 0. The molecule has 0 heterocycles. The quantitative estimate of drug-likeness (QED) is 0.634. The van der Waals surface area contributed by atoms with Crippen LogP contribution in [0.1, 0.15) is 5.56 Å². The van der Waals surface area contributed by atoms with Gasteiger partial charge in [-0.25, -0.2) is 4.39 Å². The molecule has 2 aromatic carbocycles. The predicted molar refractivity (Wildman–Crippen MR) is 71.8 cm³/mol. The highest BCUT2D eigenvalue weighted by molar-refractivity contribution is 6.32. The lowest BCUT2D eigenvalue weighted by Crippen LogP contribution is -2.06. The first-order chi connectivity index (χ1) is 9.68. The molecule has 3 nitrogen and oxygen atoms in total. The highest BCUT2D eigenvalue weighted by Crippen LogP contribution is 2.39. The third-order valence-electron chi connectivity index (χ3n) is 2.60. The van der Waals surface area contributed by atoms with Crippen molar-refractivity contribution >= 4 is 23.0 Å². The van der Waals surface area contributed by atoms with Crippen LogP contribution in [0.5, 0.6) is 11.5 Å². The van der Waals surface area contributed by atoms with E-state index in [1.165, 1.54) is 18.2 Å². The summed E-state index contributed by atoms with van der Waals surface area (Å²) in [6.07, 6.45) is -4.70. The van der Waals surface area contributed by atoms with Gasteiger partial charge >= 0.3 is 6.18 Å². The van der Waals surface area contributed by atoms with Crippen LogP contribution in [0.15, 0.2) is 30.3 Å². The molecule has 2 rings (SSSR count). The summed E-state index contributed by atoms with van der Waals surface area (Å²) in [5.41, 5.74) is 10.3. The molecule has 0 radical (unpaired) electrons. The molecule has 0 aliphatic heterocycles. The Bertz CT molecular complexity index is 665. The van der Waals surface area contributed by atoms with Crippen LogP contribution in [0.4, 0.5) is 28.9 Å². The van der Waals surface area contributed by atoms with Crippen molar-refractivity contribution in [3.8, 4) is 11.5 Å². The summed E-state index contributed by atoms with van der Waals surface area (Å²) in [5.74, 6) is -1.65.